The highest BCUT2D eigenvalue weighted by atomic mass is 16.5. The molecule has 0 spiro atoms. The third kappa shape index (κ3) is 6.70. The smallest absolute Gasteiger partial charge is 0.253 e. The predicted octanol–water partition coefficient (Wildman–Crippen LogP) is 2.92. The van der Waals surface area contributed by atoms with Crippen LogP contribution in [0.1, 0.15) is 43.0 Å². The molecule has 9 nitrogen and oxygen atoms in total. The van der Waals surface area contributed by atoms with Gasteiger partial charge in [-0.3, -0.25) is 9.69 Å². The number of unbranched alkanes of at least 4 members (excludes halogenated alkanes) is 1. The molecule has 0 radical (unpaired) electrons. The molecule has 2 aromatic rings. The number of benzene rings is 1. The number of carbonyl (C=O) groups is 1. The molecule has 37 heavy (non-hydrogen) atoms. The standard InChI is InChI=1S/C28H40N6O3/c1-2-3-20-36-24-8-6-23(7-9-24)28(35)34-18-16-33(17-19-34)27-11-10-26(29-30-27)32-14-12-31(13-15-32)22-25-5-4-21-37-25/h6-11,25H,2-5,12-22H2,1H3. The Balaban J connectivity index is 1.07. The monoisotopic (exact) mass is 508 g/mol. The molecule has 4 heterocycles. The number of hydrogen-bond acceptors (Lipinski definition) is 8. The van der Waals surface area contributed by atoms with Crippen molar-refractivity contribution >= 4 is 17.5 Å². The summed E-state index contributed by atoms with van der Waals surface area (Å²) in [5.41, 5.74) is 0.705. The van der Waals surface area contributed by atoms with Gasteiger partial charge in [0.15, 0.2) is 11.6 Å². The van der Waals surface area contributed by atoms with Gasteiger partial charge in [-0.25, -0.2) is 0 Å². The Morgan fingerprint density at radius 2 is 1.57 bits per heavy atom. The molecule has 1 aromatic heterocycles. The highest BCUT2D eigenvalue weighted by Gasteiger charge is 2.25. The van der Waals surface area contributed by atoms with Crippen molar-refractivity contribution in [1.82, 2.24) is 20.0 Å². The number of nitrogens with zero attached hydrogens (tertiary/aromatic N) is 6. The molecular weight excluding hydrogens is 468 g/mol. The van der Waals surface area contributed by atoms with Crippen molar-refractivity contribution in [2.24, 2.45) is 0 Å². The van der Waals surface area contributed by atoms with E-state index >= 15 is 0 Å². The number of amides is 1. The summed E-state index contributed by atoms with van der Waals surface area (Å²) in [5, 5.41) is 9.07. The van der Waals surface area contributed by atoms with Gasteiger partial charge in [0, 0.05) is 71.1 Å². The molecule has 3 saturated heterocycles. The van der Waals surface area contributed by atoms with Crippen LogP contribution in [0, 0.1) is 0 Å². The third-order valence-corrected chi connectivity index (χ3v) is 7.58. The lowest BCUT2D eigenvalue weighted by atomic mass is 10.1. The van der Waals surface area contributed by atoms with Gasteiger partial charge in [0.25, 0.3) is 5.91 Å². The Hall–Kier alpha value is -2.91. The molecule has 0 saturated carbocycles. The maximum Gasteiger partial charge on any atom is 0.253 e. The summed E-state index contributed by atoms with van der Waals surface area (Å²) in [4.78, 5) is 21.9. The Labute approximate surface area is 220 Å². The topological polar surface area (TPSA) is 74.3 Å². The molecule has 1 amide bonds. The molecule has 1 aromatic carbocycles. The molecule has 0 bridgehead atoms. The molecule has 1 atom stereocenters. The zero-order chi connectivity index (χ0) is 25.5. The van der Waals surface area contributed by atoms with Gasteiger partial charge in [0.2, 0.25) is 0 Å². The Morgan fingerprint density at radius 3 is 2.14 bits per heavy atom. The molecule has 0 aliphatic carbocycles. The summed E-state index contributed by atoms with van der Waals surface area (Å²) in [6.07, 6.45) is 4.94. The van der Waals surface area contributed by atoms with Crippen molar-refractivity contribution in [3.63, 3.8) is 0 Å². The Kier molecular flexibility index (Phi) is 8.73. The van der Waals surface area contributed by atoms with Crippen LogP contribution in [0.2, 0.25) is 0 Å². The first-order valence-corrected chi connectivity index (χ1v) is 13.9. The van der Waals surface area contributed by atoms with E-state index < -0.39 is 0 Å². The SMILES string of the molecule is CCCCOc1ccc(C(=O)N2CCN(c3ccc(N4CCN(CC5CCCO5)CC4)nn3)CC2)cc1. The summed E-state index contributed by atoms with van der Waals surface area (Å²) < 4.78 is 11.5. The van der Waals surface area contributed by atoms with Gasteiger partial charge in [0.05, 0.1) is 12.7 Å². The number of anilines is 2. The van der Waals surface area contributed by atoms with Crippen LogP contribution in [0.4, 0.5) is 11.6 Å². The van der Waals surface area contributed by atoms with Crippen molar-refractivity contribution < 1.29 is 14.3 Å². The fourth-order valence-corrected chi connectivity index (χ4v) is 5.24. The van der Waals surface area contributed by atoms with Gasteiger partial charge in [-0.2, -0.15) is 0 Å². The quantitative estimate of drug-likeness (QED) is 0.479. The maximum absolute atomic E-state index is 13.0. The van der Waals surface area contributed by atoms with Crippen LogP contribution in [-0.2, 0) is 4.74 Å². The zero-order valence-electron chi connectivity index (χ0n) is 22.1. The van der Waals surface area contributed by atoms with E-state index in [9.17, 15) is 4.79 Å². The molecule has 3 aliphatic rings. The van der Waals surface area contributed by atoms with Crippen molar-refractivity contribution in [2.75, 3.05) is 81.9 Å². The van der Waals surface area contributed by atoms with Gasteiger partial charge >= 0.3 is 0 Å². The van der Waals surface area contributed by atoms with Gasteiger partial charge in [-0.05, 0) is 55.7 Å². The molecule has 9 heteroatoms. The summed E-state index contributed by atoms with van der Waals surface area (Å²) in [7, 11) is 0. The lowest BCUT2D eigenvalue weighted by molar-refractivity contribution is 0.0712. The first kappa shape index (κ1) is 25.7. The maximum atomic E-state index is 13.0. The predicted molar refractivity (Wildman–Crippen MR) is 145 cm³/mol. The minimum Gasteiger partial charge on any atom is -0.494 e. The molecule has 5 rings (SSSR count). The van der Waals surface area contributed by atoms with E-state index in [1.54, 1.807) is 0 Å². The number of carbonyl (C=O) groups excluding carboxylic acids is 1. The lowest BCUT2D eigenvalue weighted by Crippen LogP contribution is -2.49. The van der Waals surface area contributed by atoms with Crippen LogP contribution in [-0.4, -0.2) is 104 Å². The summed E-state index contributed by atoms with van der Waals surface area (Å²) >= 11 is 0. The average molecular weight is 509 g/mol. The van der Waals surface area contributed by atoms with Crippen LogP contribution in [0.25, 0.3) is 0 Å². The van der Waals surface area contributed by atoms with Crippen LogP contribution < -0.4 is 14.5 Å². The number of hydrogen-bond donors (Lipinski definition) is 0. The minimum absolute atomic E-state index is 0.0693. The normalized spacial score (nSPS) is 20.9. The van der Waals surface area contributed by atoms with Crippen molar-refractivity contribution in [3.8, 4) is 5.75 Å². The summed E-state index contributed by atoms with van der Waals surface area (Å²) in [5.74, 6) is 2.70. The Bertz CT molecular complexity index is 980. The number of piperazine rings is 2. The molecule has 200 valence electrons. The third-order valence-electron chi connectivity index (χ3n) is 7.58. The van der Waals surface area contributed by atoms with Crippen LogP contribution >= 0.6 is 0 Å². The first-order chi connectivity index (χ1) is 18.2. The molecule has 3 fully saturated rings. The van der Waals surface area contributed by atoms with E-state index in [4.69, 9.17) is 9.47 Å². The second kappa shape index (κ2) is 12.6. The fourth-order valence-electron chi connectivity index (χ4n) is 5.24. The van der Waals surface area contributed by atoms with Crippen LogP contribution in [0.3, 0.4) is 0 Å². The first-order valence-electron chi connectivity index (χ1n) is 13.9. The zero-order valence-corrected chi connectivity index (χ0v) is 22.1. The molecule has 3 aliphatic heterocycles. The second-order valence-corrected chi connectivity index (χ2v) is 10.2. The van der Waals surface area contributed by atoms with E-state index in [2.05, 4.69) is 44.0 Å². The van der Waals surface area contributed by atoms with Gasteiger partial charge in [-0.15, -0.1) is 10.2 Å². The van der Waals surface area contributed by atoms with Crippen molar-refractivity contribution in [3.05, 3.63) is 42.0 Å². The number of ether oxygens (including phenoxy) is 2. The summed E-state index contributed by atoms with van der Waals surface area (Å²) in [6, 6.07) is 11.7. The summed E-state index contributed by atoms with van der Waals surface area (Å²) in [6.45, 7) is 11.7. The molecule has 1 unspecified atom stereocenters. The van der Waals surface area contributed by atoms with Crippen LogP contribution in [0.5, 0.6) is 5.75 Å². The van der Waals surface area contributed by atoms with E-state index in [0.29, 0.717) is 31.4 Å². The highest BCUT2D eigenvalue weighted by molar-refractivity contribution is 5.94. The second-order valence-electron chi connectivity index (χ2n) is 10.2. The highest BCUT2D eigenvalue weighted by Crippen LogP contribution is 2.20. The van der Waals surface area contributed by atoms with E-state index in [-0.39, 0.29) is 5.91 Å². The van der Waals surface area contributed by atoms with Crippen molar-refractivity contribution in [1.29, 1.82) is 0 Å². The number of aromatic nitrogens is 2. The average Bonchev–Trinajstić information content (AvgIpc) is 3.47. The number of rotatable bonds is 9. The van der Waals surface area contributed by atoms with Crippen LogP contribution in [0.15, 0.2) is 36.4 Å². The van der Waals surface area contributed by atoms with E-state index in [1.807, 2.05) is 29.2 Å². The van der Waals surface area contributed by atoms with Crippen molar-refractivity contribution in [2.45, 2.75) is 38.7 Å². The molecular formula is C28H40N6O3. The van der Waals surface area contributed by atoms with E-state index in [0.717, 1.165) is 82.6 Å². The van der Waals surface area contributed by atoms with Gasteiger partial charge < -0.3 is 24.2 Å². The lowest BCUT2D eigenvalue weighted by Gasteiger charge is -2.37. The Morgan fingerprint density at radius 1 is 0.919 bits per heavy atom. The van der Waals surface area contributed by atoms with E-state index in [1.165, 1.54) is 12.8 Å². The largest absolute Gasteiger partial charge is 0.494 e. The van der Waals surface area contributed by atoms with Gasteiger partial charge in [0.1, 0.15) is 5.75 Å². The van der Waals surface area contributed by atoms with Gasteiger partial charge in [-0.1, -0.05) is 13.3 Å². The molecule has 0 N–H and O–H groups in total. The minimum atomic E-state index is 0.0693. The fraction of sp³-hybridized carbons (Fsp3) is 0.607.